The first-order valence-corrected chi connectivity index (χ1v) is 9.65. The third-order valence-corrected chi connectivity index (χ3v) is 4.48. The van der Waals surface area contributed by atoms with Gasteiger partial charge in [0.05, 0.1) is 12.4 Å². The van der Waals surface area contributed by atoms with E-state index >= 15 is 0 Å². The molecule has 0 aliphatic rings. The van der Waals surface area contributed by atoms with Crippen molar-refractivity contribution in [2.24, 2.45) is 0 Å². The third kappa shape index (κ3) is 4.95. The second-order valence-corrected chi connectivity index (χ2v) is 7.18. The number of thioether (sulfide) groups is 2. The average molecular weight is 338 g/mol. The van der Waals surface area contributed by atoms with E-state index in [0.717, 1.165) is 17.3 Å². The molecule has 0 radical (unpaired) electrons. The highest BCUT2D eigenvalue weighted by Crippen LogP contribution is 2.24. The Balaban J connectivity index is 1.77. The first-order valence-electron chi connectivity index (χ1n) is 7.27. The van der Waals surface area contributed by atoms with Gasteiger partial charge in [0.25, 0.3) is 5.22 Å². The molecule has 6 heteroatoms. The van der Waals surface area contributed by atoms with Gasteiger partial charge in [0.1, 0.15) is 5.75 Å². The van der Waals surface area contributed by atoms with Crippen LogP contribution in [0.25, 0.3) is 0 Å². The molecule has 4 nitrogen and oxygen atoms in total. The summed E-state index contributed by atoms with van der Waals surface area (Å²) in [4.78, 5) is 0. The lowest BCUT2D eigenvalue weighted by molar-refractivity contribution is 0.342. The smallest absolute Gasteiger partial charge is 0.276 e. The van der Waals surface area contributed by atoms with Crippen LogP contribution in [-0.4, -0.2) is 28.8 Å². The summed E-state index contributed by atoms with van der Waals surface area (Å²) in [5.74, 6) is 3.67. The normalized spacial score (nSPS) is 11.1. The maximum absolute atomic E-state index is 5.78. The maximum atomic E-state index is 5.78. The predicted molar refractivity (Wildman–Crippen MR) is 93.0 cm³/mol. The molecule has 1 heterocycles. The fourth-order valence-electron chi connectivity index (χ4n) is 2.15. The zero-order chi connectivity index (χ0) is 15.9. The summed E-state index contributed by atoms with van der Waals surface area (Å²) in [7, 11) is 0. The highest BCUT2D eigenvalue weighted by atomic mass is 32.2. The van der Waals surface area contributed by atoms with Crippen molar-refractivity contribution in [3.63, 3.8) is 0 Å². The Morgan fingerprint density at radius 3 is 2.77 bits per heavy atom. The van der Waals surface area contributed by atoms with Gasteiger partial charge in [-0.2, -0.15) is 11.8 Å². The fraction of sp³-hybridized carbons (Fsp3) is 0.500. The van der Waals surface area contributed by atoms with Crippen molar-refractivity contribution in [3.8, 4) is 5.75 Å². The van der Waals surface area contributed by atoms with Gasteiger partial charge in [-0.3, -0.25) is 0 Å². The van der Waals surface area contributed by atoms with E-state index in [4.69, 9.17) is 9.15 Å². The summed E-state index contributed by atoms with van der Waals surface area (Å²) in [6, 6.07) is 6.29. The highest BCUT2D eigenvalue weighted by Gasteiger charge is 2.07. The molecule has 0 bridgehead atoms. The number of nitrogens with zero attached hydrogens (tertiary/aromatic N) is 2. The maximum Gasteiger partial charge on any atom is 0.276 e. The minimum absolute atomic E-state index is 0.539. The number of aryl methyl sites for hydroxylation is 1. The summed E-state index contributed by atoms with van der Waals surface area (Å²) in [6.07, 6.45) is 2.01. The molecule has 0 unspecified atom stereocenters. The first kappa shape index (κ1) is 17.2. The summed E-state index contributed by atoms with van der Waals surface area (Å²) < 4.78 is 11.3. The van der Waals surface area contributed by atoms with E-state index in [2.05, 4.69) is 43.1 Å². The second-order valence-electron chi connectivity index (χ2n) is 5.26. The van der Waals surface area contributed by atoms with Crippen LogP contribution in [-0.2, 0) is 5.75 Å². The molecular weight excluding hydrogens is 316 g/mol. The Kier molecular flexibility index (Phi) is 6.64. The summed E-state index contributed by atoms with van der Waals surface area (Å²) in [5.41, 5.74) is 2.65. The van der Waals surface area contributed by atoms with Gasteiger partial charge in [-0.05, 0) is 42.4 Å². The molecule has 0 saturated heterocycles. The summed E-state index contributed by atoms with van der Waals surface area (Å²) >= 11 is 3.19. The van der Waals surface area contributed by atoms with E-state index < -0.39 is 0 Å². The van der Waals surface area contributed by atoms with Gasteiger partial charge in [0.15, 0.2) is 0 Å². The lowest BCUT2D eigenvalue weighted by atomic mass is 9.98. The lowest BCUT2D eigenvalue weighted by Gasteiger charge is -2.12. The van der Waals surface area contributed by atoms with Crippen molar-refractivity contribution in [2.45, 2.75) is 37.7 Å². The molecule has 0 aliphatic heterocycles. The van der Waals surface area contributed by atoms with Gasteiger partial charge in [0, 0.05) is 5.75 Å². The number of rotatable bonds is 8. The Bertz CT molecular complexity index is 600. The second kappa shape index (κ2) is 8.48. The van der Waals surface area contributed by atoms with Gasteiger partial charge in [-0.15, -0.1) is 10.2 Å². The van der Waals surface area contributed by atoms with E-state index in [-0.39, 0.29) is 0 Å². The van der Waals surface area contributed by atoms with E-state index in [9.17, 15) is 0 Å². The molecule has 1 aromatic heterocycles. The molecule has 0 fully saturated rings. The van der Waals surface area contributed by atoms with Crippen LogP contribution in [0.4, 0.5) is 0 Å². The summed E-state index contributed by atoms with van der Waals surface area (Å²) in [6.45, 7) is 7.15. The van der Waals surface area contributed by atoms with Crippen LogP contribution in [0.5, 0.6) is 5.75 Å². The Labute approximate surface area is 140 Å². The monoisotopic (exact) mass is 338 g/mol. The van der Waals surface area contributed by atoms with E-state index in [1.54, 1.807) is 11.8 Å². The van der Waals surface area contributed by atoms with E-state index in [1.807, 2.05) is 12.3 Å². The van der Waals surface area contributed by atoms with Gasteiger partial charge in [-0.25, -0.2) is 0 Å². The van der Waals surface area contributed by atoms with E-state index in [0.29, 0.717) is 23.6 Å². The van der Waals surface area contributed by atoms with Crippen molar-refractivity contribution in [3.05, 3.63) is 35.2 Å². The van der Waals surface area contributed by atoms with Crippen LogP contribution in [0, 0.1) is 6.92 Å². The van der Waals surface area contributed by atoms with Crippen LogP contribution in [0.15, 0.2) is 27.8 Å². The largest absolute Gasteiger partial charge is 0.493 e. The van der Waals surface area contributed by atoms with Crippen molar-refractivity contribution in [2.75, 3.05) is 18.6 Å². The zero-order valence-corrected chi connectivity index (χ0v) is 15.1. The number of hydrogen-bond acceptors (Lipinski definition) is 6. The van der Waals surface area contributed by atoms with Crippen molar-refractivity contribution in [1.82, 2.24) is 10.2 Å². The third-order valence-electron chi connectivity index (χ3n) is 3.16. The highest BCUT2D eigenvalue weighted by molar-refractivity contribution is 7.99. The molecule has 0 saturated carbocycles. The van der Waals surface area contributed by atoms with Crippen molar-refractivity contribution >= 4 is 23.5 Å². The van der Waals surface area contributed by atoms with Gasteiger partial charge in [-0.1, -0.05) is 31.7 Å². The molecule has 0 spiro atoms. The van der Waals surface area contributed by atoms with Crippen LogP contribution in [0.3, 0.4) is 0 Å². The average Bonchev–Trinajstić information content (AvgIpc) is 2.91. The molecule has 0 aliphatic carbocycles. The fourth-order valence-corrected chi connectivity index (χ4v) is 3.11. The molecular formula is C16H22N2O2S2. The number of hydrogen-bond donors (Lipinski definition) is 0. The molecule has 2 rings (SSSR count). The van der Waals surface area contributed by atoms with Gasteiger partial charge < -0.3 is 9.15 Å². The molecule has 1 aromatic carbocycles. The number of ether oxygens (including phenoxy) is 1. The topological polar surface area (TPSA) is 48.2 Å². The van der Waals surface area contributed by atoms with Crippen LogP contribution < -0.4 is 4.74 Å². The van der Waals surface area contributed by atoms with Gasteiger partial charge >= 0.3 is 0 Å². The molecule has 0 amide bonds. The van der Waals surface area contributed by atoms with Crippen molar-refractivity contribution in [1.29, 1.82) is 0 Å². The summed E-state index contributed by atoms with van der Waals surface area (Å²) in [5, 5.41) is 8.59. The van der Waals surface area contributed by atoms with Crippen molar-refractivity contribution < 1.29 is 9.15 Å². The first-order chi connectivity index (χ1) is 10.6. The van der Waals surface area contributed by atoms with E-state index in [1.165, 1.54) is 22.9 Å². The SMILES string of the molecule is CSCc1nnc(SCCOc2ccc(C(C)C)c(C)c2)o1. The molecule has 0 atom stereocenters. The van der Waals surface area contributed by atoms with Crippen LogP contribution >= 0.6 is 23.5 Å². The lowest BCUT2D eigenvalue weighted by Crippen LogP contribution is -2.01. The Morgan fingerprint density at radius 2 is 2.09 bits per heavy atom. The quantitative estimate of drug-likeness (QED) is 0.520. The predicted octanol–water partition coefficient (Wildman–Crippen LogP) is 4.54. The molecule has 0 N–H and O–H groups in total. The Morgan fingerprint density at radius 1 is 1.27 bits per heavy atom. The standard InChI is InChI=1S/C16H22N2O2S2/c1-11(2)14-6-5-13(9-12(14)3)19-7-8-22-16-18-17-15(20-16)10-21-4/h5-6,9,11H,7-8,10H2,1-4H3. The van der Waals surface area contributed by atoms with Crippen LogP contribution in [0.2, 0.25) is 0 Å². The minimum atomic E-state index is 0.539. The van der Waals surface area contributed by atoms with Crippen LogP contribution in [0.1, 0.15) is 36.8 Å². The van der Waals surface area contributed by atoms with Gasteiger partial charge in [0.2, 0.25) is 5.89 Å². The number of benzene rings is 1. The number of aromatic nitrogens is 2. The minimum Gasteiger partial charge on any atom is -0.493 e. The Hall–Kier alpha value is -1.14. The zero-order valence-electron chi connectivity index (χ0n) is 13.5. The molecule has 120 valence electrons. The molecule has 22 heavy (non-hydrogen) atoms. The molecule has 2 aromatic rings.